The largest absolute Gasteiger partial charge is 0.370 e. The summed E-state index contributed by atoms with van der Waals surface area (Å²) >= 11 is 1.57. The lowest BCUT2D eigenvalue weighted by Gasteiger charge is -2.30. The molecule has 5 nitrogen and oxygen atoms in total. The van der Waals surface area contributed by atoms with Gasteiger partial charge in [-0.2, -0.15) is 9.78 Å². The molecule has 0 saturated heterocycles. The van der Waals surface area contributed by atoms with Crippen LogP contribution < -0.4 is 5.56 Å². The molecule has 0 unspecified atom stereocenters. The number of nitrogens with zero attached hydrogens (tertiary/aromatic N) is 3. The Morgan fingerprint density at radius 2 is 1.97 bits per heavy atom. The molecule has 7 heteroatoms. The van der Waals surface area contributed by atoms with Crippen LogP contribution in [0.4, 0.5) is 4.39 Å². The van der Waals surface area contributed by atoms with E-state index in [-0.39, 0.29) is 22.9 Å². The van der Waals surface area contributed by atoms with E-state index in [0.717, 1.165) is 52.3 Å². The minimum atomic E-state index is -0.308. The Kier molecular flexibility index (Phi) is 5.26. The van der Waals surface area contributed by atoms with Gasteiger partial charge in [0.05, 0.1) is 23.8 Å². The molecule has 1 aliphatic heterocycles. The van der Waals surface area contributed by atoms with E-state index in [4.69, 9.17) is 9.72 Å². The van der Waals surface area contributed by atoms with Crippen LogP contribution >= 0.6 is 11.3 Å². The highest BCUT2D eigenvalue weighted by Gasteiger charge is 2.32. The third-order valence-electron chi connectivity index (χ3n) is 6.27. The van der Waals surface area contributed by atoms with E-state index in [0.29, 0.717) is 18.4 Å². The first-order valence-corrected chi connectivity index (χ1v) is 11.7. The second kappa shape index (κ2) is 7.95. The van der Waals surface area contributed by atoms with E-state index in [2.05, 4.69) is 18.9 Å². The van der Waals surface area contributed by atoms with E-state index in [1.807, 2.05) is 0 Å². The summed E-state index contributed by atoms with van der Waals surface area (Å²) in [4.78, 5) is 20.6. The fourth-order valence-corrected chi connectivity index (χ4v) is 5.71. The molecule has 3 aromatic rings. The number of fused-ring (bicyclic) bond motifs is 3. The smallest absolute Gasteiger partial charge is 0.283 e. The summed E-state index contributed by atoms with van der Waals surface area (Å²) in [5, 5.41) is 5.24. The summed E-state index contributed by atoms with van der Waals surface area (Å²) in [5.74, 6) is 0.674. The molecular weight excluding hydrogens is 413 g/mol. The average Bonchev–Trinajstić information content (AvgIpc) is 3.11. The zero-order chi connectivity index (χ0) is 21.6. The van der Waals surface area contributed by atoms with Gasteiger partial charge in [-0.05, 0) is 49.9 Å². The van der Waals surface area contributed by atoms with E-state index < -0.39 is 0 Å². The minimum absolute atomic E-state index is 0.112. The van der Waals surface area contributed by atoms with Crippen molar-refractivity contribution < 1.29 is 9.13 Å². The fourth-order valence-electron chi connectivity index (χ4n) is 4.61. The molecule has 2 aromatic heterocycles. The van der Waals surface area contributed by atoms with Crippen LogP contribution in [-0.2, 0) is 17.8 Å². The maximum Gasteiger partial charge on any atom is 0.283 e. The Labute approximate surface area is 184 Å². The Morgan fingerprint density at radius 3 is 2.71 bits per heavy atom. The van der Waals surface area contributed by atoms with Crippen molar-refractivity contribution in [3.63, 3.8) is 0 Å². The molecule has 0 spiro atoms. The molecule has 0 atom stereocenters. The van der Waals surface area contributed by atoms with Gasteiger partial charge in [0.1, 0.15) is 16.5 Å². The Balaban J connectivity index is 1.67. The van der Waals surface area contributed by atoms with Crippen LogP contribution in [0.25, 0.3) is 10.2 Å². The van der Waals surface area contributed by atoms with Crippen LogP contribution in [0.1, 0.15) is 73.7 Å². The summed E-state index contributed by atoms with van der Waals surface area (Å²) in [6, 6.07) is 6.10. The Morgan fingerprint density at radius 1 is 1.23 bits per heavy atom. The molecule has 0 radical (unpaired) electrons. The zero-order valence-corrected chi connectivity index (χ0v) is 18.7. The molecule has 0 amide bonds. The number of benzene rings is 1. The quantitative estimate of drug-likeness (QED) is 0.515. The van der Waals surface area contributed by atoms with E-state index in [1.54, 1.807) is 29.7 Å². The second-order valence-electron chi connectivity index (χ2n) is 9.13. The third kappa shape index (κ3) is 3.96. The Hall–Kier alpha value is -2.38. The van der Waals surface area contributed by atoms with Gasteiger partial charge in [0, 0.05) is 17.2 Å². The van der Waals surface area contributed by atoms with Crippen LogP contribution in [-0.4, -0.2) is 21.5 Å². The van der Waals surface area contributed by atoms with Crippen molar-refractivity contribution in [2.24, 2.45) is 5.10 Å². The fraction of sp³-hybridized carbons (Fsp3) is 0.458. The van der Waals surface area contributed by atoms with Crippen molar-refractivity contribution in [1.29, 1.82) is 0 Å². The maximum absolute atomic E-state index is 13.7. The summed E-state index contributed by atoms with van der Waals surface area (Å²) in [6.45, 7) is 4.61. The topological polar surface area (TPSA) is 56.5 Å². The minimum Gasteiger partial charge on any atom is -0.370 e. The number of thiophene rings is 1. The predicted molar refractivity (Wildman–Crippen MR) is 122 cm³/mol. The lowest BCUT2D eigenvalue weighted by atomic mass is 9.88. The number of halogens is 1. The van der Waals surface area contributed by atoms with Crippen molar-refractivity contribution in [3.05, 3.63) is 62.3 Å². The van der Waals surface area contributed by atoms with Gasteiger partial charge < -0.3 is 4.74 Å². The molecule has 162 valence electrons. The summed E-state index contributed by atoms with van der Waals surface area (Å²) in [5.41, 5.74) is 1.37. The molecule has 31 heavy (non-hydrogen) atoms. The molecule has 0 bridgehead atoms. The van der Waals surface area contributed by atoms with E-state index in [9.17, 15) is 9.18 Å². The standard InChI is InChI=1S/C24H26FN3O2S/c1-24(2)12-18-19(14-30-24)31-22-20(18)23(29)28(21(27-22)16-6-4-3-5-7-16)26-13-15-8-10-17(25)11-9-15/h8-11,13,16H,3-7,12,14H2,1-2H3/b26-13-. The molecule has 5 rings (SSSR count). The molecule has 3 heterocycles. The highest BCUT2D eigenvalue weighted by atomic mass is 32.1. The van der Waals surface area contributed by atoms with Crippen LogP contribution in [0.2, 0.25) is 0 Å². The number of hydrogen-bond acceptors (Lipinski definition) is 5. The van der Waals surface area contributed by atoms with Crippen molar-refractivity contribution >= 4 is 27.8 Å². The maximum atomic E-state index is 13.7. The lowest BCUT2D eigenvalue weighted by molar-refractivity contribution is -0.0379. The van der Waals surface area contributed by atoms with Crippen molar-refractivity contribution in [3.8, 4) is 0 Å². The highest BCUT2D eigenvalue weighted by molar-refractivity contribution is 7.18. The van der Waals surface area contributed by atoms with Crippen LogP contribution in [0, 0.1) is 5.82 Å². The van der Waals surface area contributed by atoms with Gasteiger partial charge in [0.2, 0.25) is 0 Å². The summed E-state index contributed by atoms with van der Waals surface area (Å²) in [7, 11) is 0. The van der Waals surface area contributed by atoms with Gasteiger partial charge in [-0.25, -0.2) is 9.37 Å². The van der Waals surface area contributed by atoms with Gasteiger partial charge in [-0.1, -0.05) is 31.4 Å². The van der Waals surface area contributed by atoms with Crippen LogP contribution in [0.5, 0.6) is 0 Å². The van der Waals surface area contributed by atoms with Gasteiger partial charge in [-0.15, -0.1) is 11.3 Å². The van der Waals surface area contributed by atoms with Gasteiger partial charge in [0.25, 0.3) is 5.56 Å². The van der Waals surface area contributed by atoms with E-state index in [1.165, 1.54) is 23.2 Å². The van der Waals surface area contributed by atoms with Crippen LogP contribution in [0.15, 0.2) is 34.2 Å². The molecule has 1 aromatic carbocycles. The average molecular weight is 440 g/mol. The third-order valence-corrected chi connectivity index (χ3v) is 7.37. The highest BCUT2D eigenvalue weighted by Crippen LogP contribution is 2.38. The molecular formula is C24H26FN3O2S. The van der Waals surface area contributed by atoms with Crippen molar-refractivity contribution in [2.75, 3.05) is 0 Å². The number of rotatable bonds is 3. The monoisotopic (exact) mass is 439 g/mol. The molecule has 2 aliphatic rings. The van der Waals surface area contributed by atoms with Gasteiger partial charge in [0.15, 0.2) is 0 Å². The van der Waals surface area contributed by atoms with E-state index >= 15 is 0 Å². The first-order chi connectivity index (χ1) is 14.9. The van der Waals surface area contributed by atoms with Gasteiger partial charge in [-0.3, -0.25) is 4.79 Å². The van der Waals surface area contributed by atoms with Crippen molar-refractivity contribution in [1.82, 2.24) is 9.66 Å². The van der Waals surface area contributed by atoms with Crippen molar-refractivity contribution in [2.45, 2.75) is 70.5 Å². The first-order valence-electron chi connectivity index (χ1n) is 10.9. The predicted octanol–water partition coefficient (Wildman–Crippen LogP) is 5.38. The molecule has 0 N–H and O–H groups in total. The summed E-state index contributed by atoms with van der Waals surface area (Å²) in [6.07, 6.45) is 7.85. The summed E-state index contributed by atoms with van der Waals surface area (Å²) < 4.78 is 20.7. The van der Waals surface area contributed by atoms with Crippen LogP contribution in [0.3, 0.4) is 0 Å². The molecule has 1 fully saturated rings. The number of aromatic nitrogens is 2. The SMILES string of the molecule is CC1(C)Cc2c(sc3nc(C4CCCCC4)n(/N=C\c4ccc(F)cc4)c(=O)c23)CO1. The Bertz CT molecular complexity index is 1200. The number of hydrogen-bond donors (Lipinski definition) is 0. The first kappa shape index (κ1) is 20.5. The normalized spacial score (nSPS) is 19.2. The molecule has 1 aliphatic carbocycles. The molecule has 1 saturated carbocycles. The second-order valence-corrected chi connectivity index (χ2v) is 10.2. The zero-order valence-electron chi connectivity index (χ0n) is 17.9. The van der Waals surface area contributed by atoms with Gasteiger partial charge >= 0.3 is 0 Å². The lowest BCUT2D eigenvalue weighted by Crippen LogP contribution is -2.32. The number of ether oxygens (including phenoxy) is 1.